The van der Waals surface area contributed by atoms with Gasteiger partial charge >= 0.3 is 0 Å². The first-order chi connectivity index (χ1) is 9.18. The molecule has 98 valence electrons. The Morgan fingerprint density at radius 1 is 1.21 bits per heavy atom. The molecule has 0 unspecified atom stereocenters. The summed E-state index contributed by atoms with van der Waals surface area (Å²) in [4.78, 5) is 17.8. The Hall–Kier alpha value is -2.20. The molecule has 0 spiro atoms. The first-order valence-electron chi connectivity index (χ1n) is 6.13. The van der Waals surface area contributed by atoms with Crippen LogP contribution in [-0.4, -0.2) is 22.8 Å². The van der Waals surface area contributed by atoms with E-state index >= 15 is 0 Å². The van der Waals surface area contributed by atoms with Gasteiger partial charge in [0.2, 0.25) is 5.91 Å². The zero-order chi connectivity index (χ0) is 13.7. The number of carbonyl (C=O) groups excluding carboxylic acids is 1. The molecule has 1 aromatic carbocycles. The number of amides is 1. The number of hydrogen-bond donors (Lipinski definition) is 1. The summed E-state index contributed by atoms with van der Waals surface area (Å²) in [6.45, 7) is 0.530. The second kappa shape index (κ2) is 6.11. The number of aromatic nitrogens is 1. The minimum Gasteiger partial charge on any atom is -0.340 e. The summed E-state index contributed by atoms with van der Waals surface area (Å²) >= 11 is 0. The second-order valence-electron chi connectivity index (χ2n) is 4.44. The van der Waals surface area contributed by atoms with Crippen LogP contribution in [0.5, 0.6) is 0 Å². The van der Waals surface area contributed by atoms with E-state index in [1.165, 1.54) is 0 Å². The van der Waals surface area contributed by atoms with E-state index in [1.54, 1.807) is 24.3 Å². The van der Waals surface area contributed by atoms with E-state index in [4.69, 9.17) is 5.73 Å². The molecule has 0 bridgehead atoms. The average molecular weight is 255 g/mol. The van der Waals surface area contributed by atoms with Gasteiger partial charge in [-0.25, -0.2) is 0 Å². The smallest absolute Gasteiger partial charge is 0.244 e. The van der Waals surface area contributed by atoms with Crippen molar-refractivity contribution in [3.05, 3.63) is 66.0 Å². The van der Waals surface area contributed by atoms with Gasteiger partial charge in [0.15, 0.2) is 0 Å². The van der Waals surface area contributed by atoms with Crippen LogP contribution < -0.4 is 5.73 Å². The van der Waals surface area contributed by atoms with Crippen molar-refractivity contribution < 1.29 is 4.79 Å². The van der Waals surface area contributed by atoms with Gasteiger partial charge in [-0.15, -0.1) is 0 Å². The largest absolute Gasteiger partial charge is 0.340 e. The van der Waals surface area contributed by atoms with Gasteiger partial charge in [0.05, 0.1) is 0 Å². The van der Waals surface area contributed by atoms with Gasteiger partial charge in [-0.3, -0.25) is 9.78 Å². The van der Waals surface area contributed by atoms with Crippen molar-refractivity contribution in [2.75, 3.05) is 7.05 Å². The zero-order valence-electron chi connectivity index (χ0n) is 10.9. The Labute approximate surface area is 112 Å². The molecular formula is C15H17N3O. The van der Waals surface area contributed by atoms with E-state index in [9.17, 15) is 4.79 Å². The van der Waals surface area contributed by atoms with Crippen molar-refractivity contribution in [3.63, 3.8) is 0 Å². The molecular weight excluding hydrogens is 238 g/mol. The molecule has 0 fully saturated rings. The SMILES string of the molecule is CN(Cc1ccncc1)C(=O)[C@@H](N)c1ccccc1. The summed E-state index contributed by atoms with van der Waals surface area (Å²) in [6, 6.07) is 12.5. The zero-order valence-corrected chi connectivity index (χ0v) is 10.9. The van der Waals surface area contributed by atoms with Gasteiger partial charge < -0.3 is 10.6 Å². The van der Waals surface area contributed by atoms with Crippen molar-refractivity contribution in [1.29, 1.82) is 0 Å². The number of nitrogens with zero attached hydrogens (tertiary/aromatic N) is 2. The fourth-order valence-electron chi connectivity index (χ4n) is 1.88. The maximum atomic E-state index is 12.2. The molecule has 4 heteroatoms. The molecule has 1 atom stereocenters. The maximum Gasteiger partial charge on any atom is 0.244 e. The monoisotopic (exact) mass is 255 g/mol. The van der Waals surface area contributed by atoms with Crippen LogP contribution in [-0.2, 0) is 11.3 Å². The van der Waals surface area contributed by atoms with Crippen LogP contribution in [0.15, 0.2) is 54.9 Å². The minimum atomic E-state index is -0.618. The molecule has 0 radical (unpaired) electrons. The van der Waals surface area contributed by atoms with Gasteiger partial charge in [-0.2, -0.15) is 0 Å². The van der Waals surface area contributed by atoms with Crippen LogP contribution in [0.25, 0.3) is 0 Å². The van der Waals surface area contributed by atoms with Gasteiger partial charge in [-0.05, 0) is 23.3 Å². The maximum absolute atomic E-state index is 12.2. The summed E-state index contributed by atoms with van der Waals surface area (Å²) < 4.78 is 0. The van der Waals surface area contributed by atoms with E-state index in [-0.39, 0.29) is 5.91 Å². The minimum absolute atomic E-state index is 0.0944. The van der Waals surface area contributed by atoms with Crippen LogP contribution in [0.2, 0.25) is 0 Å². The molecule has 0 saturated carbocycles. The average Bonchev–Trinajstić information content (AvgIpc) is 2.47. The Kier molecular flexibility index (Phi) is 4.26. The van der Waals surface area contributed by atoms with Crippen LogP contribution in [0.1, 0.15) is 17.2 Å². The third-order valence-electron chi connectivity index (χ3n) is 2.97. The van der Waals surface area contributed by atoms with E-state index in [0.717, 1.165) is 11.1 Å². The fraction of sp³-hybridized carbons (Fsp3) is 0.200. The van der Waals surface area contributed by atoms with Crippen LogP contribution in [0, 0.1) is 0 Å². The Morgan fingerprint density at radius 3 is 2.47 bits per heavy atom. The third kappa shape index (κ3) is 3.39. The van der Waals surface area contributed by atoms with E-state index in [1.807, 2.05) is 42.5 Å². The summed E-state index contributed by atoms with van der Waals surface area (Å²) in [5, 5.41) is 0. The van der Waals surface area contributed by atoms with Crippen molar-refractivity contribution in [2.24, 2.45) is 5.73 Å². The molecule has 0 aliphatic heterocycles. The number of nitrogens with two attached hydrogens (primary N) is 1. The van der Waals surface area contributed by atoms with Crippen molar-refractivity contribution in [2.45, 2.75) is 12.6 Å². The summed E-state index contributed by atoms with van der Waals surface area (Å²) in [5.41, 5.74) is 7.85. The molecule has 1 aromatic heterocycles. The van der Waals surface area contributed by atoms with Gasteiger partial charge in [0, 0.05) is 26.0 Å². The second-order valence-corrected chi connectivity index (χ2v) is 4.44. The Bertz CT molecular complexity index is 528. The van der Waals surface area contributed by atoms with Gasteiger partial charge in [0.1, 0.15) is 6.04 Å². The molecule has 0 saturated heterocycles. The number of hydrogen-bond acceptors (Lipinski definition) is 3. The standard InChI is InChI=1S/C15H17N3O/c1-18(11-12-7-9-17-10-8-12)15(19)14(16)13-5-3-2-4-6-13/h2-10,14H,11,16H2,1H3/t14-/m0/s1. The van der Waals surface area contributed by atoms with Crippen molar-refractivity contribution >= 4 is 5.91 Å². The molecule has 2 aromatic rings. The lowest BCUT2D eigenvalue weighted by Gasteiger charge is -2.21. The number of pyridine rings is 1. The molecule has 2 rings (SSSR count). The predicted molar refractivity (Wildman–Crippen MR) is 74.1 cm³/mol. The van der Waals surface area contributed by atoms with Crippen LogP contribution in [0.3, 0.4) is 0 Å². The predicted octanol–water partition coefficient (Wildman–Crippen LogP) is 1.74. The quantitative estimate of drug-likeness (QED) is 0.905. The molecule has 2 N–H and O–H groups in total. The van der Waals surface area contributed by atoms with Gasteiger partial charge in [-0.1, -0.05) is 30.3 Å². The topological polar surface area (TPSA) is 59.2 Å². The molecule has 19 heavy (non-hydrogen) atoms. The molecule has 1 amide bonds. The van der Waals surface area contributed by atoms with E-state index in [2.05, 4.69) is 4.98 Å². The lowest BCUT2D eigenvalue weighted by molar-refractivity contribution is -0.131. The Morgan fingerprint density at radius 2 is 1.84 bits per heavy atom. The van der Waals surface area contributed by atoms with Gasteiger partial charge in [0.25, 0.3) is 0 Å². The highest BCUT2D eigenvalue weighted by Gasteiger charge is 2.19. The molecule has 0 aliphatic carbocycles. The summed E-state index contributed by atoms with van der Waals surface area (Å²) in [5.74, 6) is -0.0944. The fourth-order valence-corrected chi connectivity index (χ4v) is 1.88. The summed E-state index contributed by atoms with van der Waals surface area (Å²) in [6.07, 6.45) is 3.43. The first-order valence-corrected chi connectivity index (χ1v) is 6.13. The number of carbonyl (C=O) groups is 1. The number of rotatable bonds is 4. The molecule has 1 heterocycles. The van der Waals surface area contributed by atoms with E-state index < -0.39 is 6.04 Å². The Balaban J connectivity index is 2.03. The normalized spacial score (nSPS) is 11.9. The summed E-state index contributed by atoms with van der Waals surface area (Å²) in [7, 11) is 1.76. The van der Waals surface area contributed by atoms with Crippen LogP contribution in [0.4, 0.5) is 0 Å². The third-order valence-corrected chi connectivity index (χ3v) is 2.97. The highest BCUT2D eigenvalue weighted by Crippen LogP contribution is 2.13. The lowest BCUT2D eigenvalue weighted by Crippen LogP contribution is -2.35. The first kappa shape index (κ1) is 13.2. The van der Waals surface area contributed by atoms with Crippen molar-refractivity contribution in [1.82, 2.24) is 9.88 Å². The highest BCUT2D eigenvalue weighted by molar-refractivity contribution is 5.82. The highest BCUT2D eigenvalue weighted by atomic mass is 16.2. The van der Waals surface area contributed by atoms with E-state index in [0.29, 0.717) is 6.54 Å². The molecule has 0 aliphatic rings. The van der Waals surface area contributed by atoms with Crippen LogP contribution >= 0.6 is 0 Å². The number of benzene rings is 1. The number of likely N-dealkylation sites (N-methyl/N-ethyl adjacent to an activating group) is 1. The van der Waals surface area contributed by atoms with Crippen molar-refractivity contribution in [3.8, 4) is 0 Å². The lowest BCUT2D eigenvalue weighted by atomic mass is 10.1. The molecule has 4 nitrogen and oxygen atoms in total.